The van der Waals surface area contributed by atoms with E-state index >= 15 is 0 Å². The average Bonchev–Trinajstić information content (AvgIpc) is 3.17. The Morgan fingerprint density at radius 1 is 1.19 bits per heavy atom. The number of rotatable bonds is 7. The molecule has 0 spiro atoms. The van der Waals surface area contributed by atoms with Crippen molar-refractivity contribution in [3.8, 4) is 0 Å². The number of para-hydroxylation sites is 1. The zero-order valence-corrected chi connectivity index (χ0v) is 17.3. The van der Waals surface area contributed by atoms with E-state index in [0.717, 1.165) is 4.57 Å². The number of amides is 1. The Hall–Kier alpha value is -4.01. The fraction of sp³-hybridized carbons (Fsp3) is 0.217. The normalized spacial score (nSPS) is 11.1. The van der Waals surface area contributed by atoms with Gasteiger partial charge >= 0.3 is 5.97 Å². The molecule has 0 saturated carbocycles. The lowest BCUT2D eigenvalue weighted by Crippen LogP contribution is -2.35. The number of carbonyl (C=O) groups is 2. The van der Waals surface area contributed by atoms with Gasteiger partial charge in [-0.25, -0.2) is 9.37 Å². The van der Waals surface area contributed by atoms with Gasteiger partial charge in [-0.15, -0.1) is 0 Å². The quantitative estimate of drug-likeness (QED) is 0.413. The molecule has 4 aromatic rings. The number of fused-ring (bicyclic) bond motifs is 3. The van der Waals surface area contributed by atoms with E-state index in [0.29, 0.717) is 28.6 Å². The van der Waals surface area contributed by atoms with Gasteiger partial charge in [-0.3, -0.25) is 19.0 Å². The highest BCUT2D eigenvalue weighted by Crippen LogP contribution is 2.24. The molecule has 0 aliphatic carbocycles. The Labute approximate surface area is 181 Å². The first-order valence-electron chi connectivity index (χ1n) is 10.0. The van der Waals surface area contributed by atoms with Gasteiger partial charge in [-0.1, -0.05) is 24.3 Å². The van der Waals surface area contributed by atoms with Crippen LogP contribution in [0.4, 0.5) is 4.39 Å². The molecule has 0 fully saturated rings. The largest absolute Gasteiger partial charge is 0.454 e. The molecule has 8 nitrogen and oxygen atoms in total. The van der Waals surface area contributed by atoms with Gasteiger partial charge in [-0.05, 0) is 36.8 Å². The number of carbonyl (C=O) groups excluding carboxylic acids is 2. The van der Waals surface area contributed by atoms with Gasteiger partial charge in [0.1, 0.15) is 23.5 Å². The number of ether oxygens (including phenoxy) is 1. The van der Waals surface area contributed by atoms with Gasteiger partial charge < -0.3 is 14.1 Å². The summed E-state index contributed by atoms with van der Waals surface area (Å²) in [6, 6.07) is 13.0. The number of nitrogens with zero attached hydrogens (tertiary/aromatic N) is 3. The topological polar surface area (TPSA) is 94.6 Å². The lowest BCUT2D eigenvalue weighted by atomic mass is 10.2. The SMILES string of the molecule is CCN(Cc1cccc(F)c1)C(=O)COC(=O)Cn1cnc2c(oc3ccccc32)c1=O. The lowest BCUT2D eigenvalue weighted by molar-refractivity contribution is -0.152. The maximum atomic E-state index is 13.4. The number of likely N-dealkylation sites (N-methyl/N-ethyl adjacent to an activating group) is 1. The highest BCUT2D eigenvalue weighted by molar-refractivity contribution is 6.01. The zero-order chi connectivity index (χ0) is 22.7. The summed E-state index contributed by atoms with van der Waals surface area (Å²) in [6.07, 6.45) is 1.25. The third-order valence-electron chi connectivity index (χ3n) is 5.00. The molecule has 4 rings (SSSR count). The van der Waals surface area contributed by atoms with E-state index in [4.69, 9.17) is 9.15 Å². The molecule has 32 heavy (non-hydrogen) atoms. The van der Waals surface area contributed by atoms with Gasteiger partial charge in [0.2, 0.25) is 5.58 Å². The van der Waals surface area contributed by atoms with Crippen LogP contribution in [-0.4, -0.2) is 39.5 Å². The molecule has 0 atom stereocenters. The Balaban J connectivity index is 1.40. The fourth-order valence-electron chi connectivity index (χ4n) is 3.38. The van der Waals surface area contributed by atoms with Gasteiger partial charge in [0, 0.05) is 18.5 Å². The fourth-order valence-corrected chi connectivity index (χ4v) is 3.38. The minimum absolute atomic E-state index is 0.0461. The van der Waals surface area contributed by atoms with Crippen LogP contribution < -0.4 is 5.56 Å². The van der Waals surface area contributed by atoms with Crippen molar-refractivity contribution in [1.29, 1.82) is 0 Å². The Kier molecular flexibility index (Phi) is 5.98. The molecule has 0 unspecified atom stereocenters. The molecular formula is C23H20FN3O5. The van der Waals surface area contributed by atoms with E-state index < -0.39 is 36.4 Å². The molecule has 2 heterocycles. The monoisotopic (exact) mass is 437 g/mol. The van der Waals surface area contributed by atoms with Crippen molar-refractivity contribution in [2.24, 2.45) is 0 Å². The third-order valence-corrected chi connectivity index (χ3v) is 5.00. The van der Waals surface area contributed by atoms with E-state index in [1.165, 1.54) is 23.4 Å². The second kappa shape index (κ2) is 9.01. The van der Waals surface area contributed by atoms with Crippen molar-refractivity contribution in [3.63, 3.8) is 0 Å². The van der Waals surface area contributed by atoms with Gasteiger partial charge in [0.25, 0.3) is 11.5 Å². The third kappa shape index (κ3) is 4.36. The molecule has 0 saturated heterocycles. The molecule has 2 aromatic heterocycles. The number of hydrogen-bond donors (Lipinski definition) is 0. The zero-order valence-electron chi connectivity index (χ0n) is 17.3. The van der Waals surface area contributed by atoms with Crippen LogP contribution in [0.3, 0.4) is 0 Å². The van der Waals surface area contributed by atoms with Crippen LogP contribution in [0.25, 0.3) is 22.1 Å². The molecule has 164 valence electrons. The first-order chi connectivity index (χ1) is 15.5. The van der Waals surface area contributed by atoms with Crippen molar-refractivity contribution >= 4 is 33.9 Å². The van der Waals surface area contributed by atoms with Crippen LogP contribution in [0.2, 0.25) is 0 Å². The Morgan fingerprint density at radius 3 is 2.78 bits per heavy atom. The van der Waals surface area contributed by atoms with E-state index in [9.17, 15) is 18.8 Å². The van der Waals surface area contributed by atoms with Crippen LogP contribution in [0.15, 0.2) is 64.1 Å². The first kappa shape index (κ1) is 21.2. The summed E-state index contributed by atoms with van der Waals surface area (Å²) < 4.78 is 25.1. The molecule has 0 bridgehead atoms. The van der Waals surface area contributed by atoms with E-state index in [-0.39, 0.29) is 12.1 Å². The second-order valence-corrected chi connectivity index (χ2v) is 7.15. The highest BCUT2D eigenvalue weighted by Gasteiger charge is 2.18. The molecular weight excluding hydrogens is 417 g/mol. The van der Waals surface area contributed by atoms with Crippen molar-refractivity contribution in [3.05, 3.63) is 76.6 Å². The average molecular weight is 437 g/mol. The minimum Gasteiger partial charge on any atom is -0.454 e. The van der Waals surface area contributed by atoms with Crippen LogP contribution in [0.5, 0.6) is 0 Å². The summed E-state index contributed by atoms with van der Waals surface area (Å²) in [6.45, 7) is 1.42. The predicted octanol–water partition coefficient (Wildman–Crippen LogP) is 2.87. The maximum Gasteiger partial charge on any atom is 0.326 e. The van der Waals surface area contributed by atoms with Crippen LogP contribution in [-0.2, 0) is 27.4 Å². The number of esters is 1. The first-order valence-corrected chi connectivity index (χ1v) is 10.0. The summed E-state index contributed by atoms with van der Waals surface area (Å²) in [5.41, 5.74) is 1.10. The van der Waals surface area contributed by atoms with Crippen molar-refractivity contribution in [2.45, 2.75) is 20.0 Å². The van der Waals surface area contributed by atoms with Crippen molar-refractivity contribution in [1.82, 2.24) is 14.5 Å². The van der Waals surface area contributed by atoms with Crippen molar-refractivity contribution in [2.75, 3.05) is 13.2 Å². The summed E-state index contributed by atoms with van der Waals surface area (Å²) >= 11 is 0. The molecule has 0 radical (unpaired) electrons. The second-order valence-electron chi connectivity index (χ2n) is 7.15. The molecule has 0 aliphatic heterocycles. The number of furan rings is 1. The number of hydrogen-bond acceptors (Lipinski definition) is 6. The smallest absolute Gasteiger partial charge is 0.326 e. The van der Waals surface area contributed by atoms with Gasteiger partial charge in [0.05, 0.1) is 6.33 Å². The highest BCUT2D eigenvalue weighted by atomic mass is 19.1. The summed E-state index contributed by atoms with van der Waals surface area (Å²) in [5, 5.41) is 0.706. The molecule has 0 aliphatic rings. The summed E-state index contributed by atoms with van der Waals surface area (Å²) in [7, 11) is 0. The summed E-state index contributed by atoms with van der Waals surface area (Å²) in [4.78, 5) is 43.0. The van der Waals surface area contributed by atoms with Gasteiger partial charge in [0.15, 0.2) is 6.61 Å². The Bertz CT molecular complexity index is 1360. The Morgan fingerprint density at radius 2 is 2.00 bits per heavy atom. The van der Waals surface area contributed by atoms with Gasteiger partial charge in [-0.2, -0.15) is 0 Å². The predicted molar refractivity (Wildman–Crippen MR) is 114 cm³/mol. The maximum absolute atomic E-state index is 13.4. The molecule has 1 amide bonds. The number of benzene rings is 2. The molecule has 9 heteroatoms. The summed E-state index contributed by atoms with van der Waals surface area (Å²) in [5.74, 6) is -1.58. The molecule has 0 N–H and O–H groups in total. The van der Waals surface area contributed by atoms with E-state index in [1.807, 2.05) is 6.07 Å². The minimum atomic E-state index is -0.764. The standard InChI is InChI=1S/C23H20FN3O5/c1-2-26(11-15-6-5-7-16(24)10-15)19(28)13-31-20(29)12-27-14-25-21-17-8-3-4-9-18(17)32-22(21)23(27)30/h3-10,14H,2,11-13H2,1H3. The van der Waals surface area contributed by atoms with Crippen molar-refractivity contribution < 1.29 is 23.1 Å². The van der Waals surface area contributed by atoms with Crippen LogP contribution >= 0.6 is 0 Å². The van der Waals surface area contributed by atoms with Crippen LogP contribution in [0, 0.1) is 5.82 Å². The number of aromatic nitrogens is 2. The van der Waals surface area contributed by atoms with E-state index in [1.54, 1.807) is 37.3 Å². The van der Waals surface area contributed by atoms with E-state index in [2.05, 4.69) is 4.98 Å². The number of halogens is 1. The molecule has 2 aromatic carbocycles. The van der Waals surface area contributed by atoms with Crippen LogP contribution in [0.1, 0.15) is 12.5 Å². The lowest BCUT2D eigenvalue weighted by Gasteiger charge is -2.21.